The highest BCUT2D eigenvalue weighted by atomic mass is 16.5. The fourth-order valence-electron chi connectivity index (χ4n) is 5.80. The van der Waals surface area contributed by atoms with E-state index in [9.17, 15) is 9.90 Å². The van der Waals surface area contributed by atoms with Crippen molar-refractivity contribution < 1.29 is 14.6 Å². The van der Waals surface area contributed by atoms with Crippen molar-refractivity contribution in [3.8, 4) is 16.9 Å². The number of carbonyl (C=O) groups is 1. The number of nitrogens with zero attached hydrogens (tertiary/aromatic N) is 2. The minimum Gasteiger partial charge on any atom is -0.497 e. The summed E-state index contributed by atoms with van der Waals surface area (Å²) in [4.78, 5) is 20.1. The number of ether oxygens (including phenoxy) is 1. The first-order chi connectivity index (χ1) is 14.7. The summed E-state index contributed by atoms with van der Waals surface area (Å²) in [7, 11) is 3.36. The van der Waals surface area contributed by atoms with Crippen LogP contribution in [0.3, 0.4) is 0 Å². The Labute approximate surface area is 182 Å². The molecule has 0 bridgehead atoms. The first-order valence-electron chi connectivity index (χ1n) is 10.9. The van der Waals surface area contributed by atoms with Crippen molar-refractivity contribution in [3.05, 3.63) is 53.6 Å². The van der Waals surface area contributed by atoms with Crippen LogP contribution >= 0.6 is 0 Å². The first kappa shape index (κ1) is 20.1. The fourth-order valence-corrected chi connectivity index (χ4v) is 5.80. The van der Waals surface area contributed by atoms with Crippen LogP contribution in [0.1, 0.15) is 43.7 Å². The van der Waals surface area contributed by atoms with Crippen LogP contribution in [0.5, 0.6) is 5.75 Å². The van der Waals surface area contributed by atoms with E-state index in [4.69, 9.17) is 15.5 Å². The van der Waals surface area contributed by atoms with E-state index >= 15 is 0 Å². The van der Waals surface area contributed by atoms with Crippen molar-refractivity contribution in [3.63, 3.8) is 0 Å². The number of nitrogens with two attached hydrogens (primary N) is 1. The molecule has 5 rings (SSSR count). The number of guanidine groups is 1. The summed E-state index contributed by atoms with van der Waals surface area (Å²) < 4.78 is 5.39. The zero-order valence-corrected chi connectivity index (χ0v) is 18.3. The molecule has 1 saturated carbocycles. The lowest BCUT2D eigenvalue weighted by atomic mass is 9.59. The Kier molecular flexibility index (Phi) is 4.25. The predicted molar refractivity (Wildman–Crippen MR) is 120 cm³/mol. The molecule has 1 aliphatic heterocycles. The summed E-state index contributed by atoms with van der Waals surface area (Å²) in [5.74, 6) is 0.993. The maximum Gasteiger partial charge on any atom is 0.262 e. The van der Waals surface area contributed by atoms with Gasteiger partial charge >= 0.3 is 0 Å². The molecule has 2 aliphatic carbocycles. The van der Waals surface area contributed by atoms with Gasteiger partial charge in [0.05, 0.1) is 12.7 Å². The Hall–Kier alpha value is -2.86. The molecule has 0 saturated heterocycles. The van der Waals surface area contributed by atoms with Crippen molar-refractivity contribution in [2.24, 2.45) is 16.1 Å². The van der Waals surface area contributed by atoms with E-state index in [0.29, 0.717) is 12.8 Å². The second-order valence-corrected chi connectivity index (χ2v) is 9.60. The zero-order valence-electron chi connectivity index (χ0n) is 18.3. The molecule has 31 heavy (non-hydrogen) atoms. The molecule has 1 unspecified atom stereocenters. The topological polar surface area (TPSA) is 88.2 Å². The van der Waals surface area contributed by atoms with E-state index in [1.807, 2.05) is 31.2 Å². The van der Waals surface area contributed by atoms with E-state index in [0.717, 1.165) is 47.3 Å². The molecule has 1 heterocycles. The Balaban J connectivity index is 1.68. The molecule has 2 aromatic carbocycles. The highest BCUT2D eigenvalue weighted by Crippen LogP contribution is 2.62. The average molecular weight is 420 g/mol. The second kappa shape index (κ2) is 6.57. The van der Waals surface area contributed by atoms with Gasteiger partial charge in [0.25, 0.3) is 5.91 Å². The number of amides is 1. The highest BCUT2D eigenvalue weighted by Gasteiger charge is 2.66. The number of methoxy groups -OCH3 is 1. The Morgan fingerprint density at radius 2 is 1.81 bits per heavy atom. The third kappa shape index (κ3) is 2.74. The van der Waals surface area contributed by atoms with Crippen molar-refractivity contribution in [1.29, 1.82) is 0 Å². The van der Waals surface area contributed by atoms with Gasteiger partial charge in [-0.25, -0.2) is 4.99 Å². The van der Waals surface area contributed by atoms with E-state index in [1.54, 1.807) is 14.2 Å². The molecule has 0 aromatic heterocycles. The van der Waals surface area contributed by atoms with E-state index in [2.05, 4.69) is 18.2 Å². The summed E-state index contributed by atoms with van der Waals surface area (Å²) in [6.07, 6.45) is 3.54. The quantitative estimate of drug-likeness (QED) is 0.782. The molecule has 2 spiro atoms. The van der Waals surface area contributed by atoms with E-state index < -0.39 is 11.1 Å². The summed E-state index contributed by atoms with van der Waals surface area (Å²) in [5.41, 5.74) is 8.26. The molecular weight excluding hydrogens is 390 g/mol. The normalized spacial score (nSPS) is 31.9. The van der Waals surface area contributed by atoms with Gasteiger partial charge in [0.2, 0.25) is 0 Å². The molecule has 1 amide bonds. The number of hydrogen-bond donors (Lipinski definition) is 2. The van der Waals surface area contributed by atoms with Gasteiger partial charge in [0, 0.05) is 12.5 Å². The van der Waals surface area contributed by atoms with Crippen molar-refractivity contribution >= 4 is 11.9 Å². The first-order valence-corrected chi connectivity index (χ1v) is 10.9. The Bertz CT molecular complexity index is 1100. The van der Waals surface area contributed by atoms with Crippen LogP contribution < -0.4 is 10.5 Å². The third-order valence-corrected chi connectivity index (χ3v) is 7.72. The molecule has 3 aliphatic rings. The smallest absolute Gasteiger partial charge is 0.262 e. The lowest BCUT2D eigenvalue weighted by molar-refractivity contribution is -0.138. The van der Waals surface area contributed by atoms with E-state index in [-0.39, 0.29) is 17.3 Å². The van der Waals surface area contributed by atoms with Crippen molar-refractivity contribution in [2.45, 2.75) is 50.2 Å². The minimum atomic E-state index is -1.02. The maximum atomic E-state index is 13.7. The van der Waals surface area contributed by atoms with Gasteiger partial charge in [-0.2, -0.15) is 0 Å². The lowest BCUT2D eigenvalue weighted by Gasteiger charge is -2.47. The van der Waals surface area contributed by atoms with Crippen LogP contribution in [0.25, 0.3) is 11.1 Å². The summed E-state index contributed by atoms with van der Waals surface area (Å²) in [6, 6.07) is 14.3. The van der Waals surface area contributed by atoms with Gasteiger partial charge in [0.15, 0.2) is 11.5 Å². The van der Waals surface area contributed by atoms with E-state index in [1.165, 1.54) is 4.90 Å². The molecule has 2 aromatic rings. The third-order valence-electron chi connectivity index (χ3n) is 7.72. The molecule has 1 fully saturated rings. The maximum absolute atomic E-state index is 13.7. The molecule has 6 nitrogen and oxygen atoms in total. The summed E-state index contributed by atoms with van der Waals surface area (Å²) in [5, 5.41) is 10.6. The number of carbonyl (C=O) groups excluding carboxylic acids is 1. The second-order valence-electron chi connectivity index (χ2n) is 9.60. The van der Waals surface area contributed by atoms with Crippen LogP contribution in [0.2, 0.25) is 0 Å². The number of fused-ring (bicyclic) bond motifs is 3. The molecule has 3 N–H and O–H groups in total. The largest absolute Gasteiger partial charge is 0.497 e. The fraction of sp³-hybridized carbons (Fsp3) is 0.440. The number of likely N-dealkylation sites (N-methyl/N-ethyl adjacent to an activating group) is 1. The Morgan fingerprint density at radius 1 is 1.10 bits per heavy atom. The number of aliphatic imine (C=N–C) groups is 1. The summed E-state index contributed by atoms with van der Waals surface area (Å²) >= 11 is 0. The number of rotatable bonds is 2. The molecular formula is C25H29N3O3. The Morgan fingerprint density at radius 3 is 2.45 bits per heavy atom. The zero-order chi connectivity index (χ0) is 22.0. The number of benzene rings is 2. The van der Waals surface area contributed by atoms with Crippen LogP contribution in [0.4, 0.5) is 0 Å². The van der Waals surface area contributed by atoms with Crippen LogP contribution in [0.15, 0.2) is 47.5 Å². The number of aliphatic hydroxyl groups is 1. The monoisotopic (exact) mass is 419 g/mol. The lowest BCUT2D eigenvalue weighted by Crippen LogP contribution is -2.52. The van der Waals surface area contributed by atoms with Crippen LogP contribution in [-0.2, 0) is 16.8 Å². The molecule has 1 atom stereocenters. The minimum absolute atomic E-state index is 0.0620. The number of hydrogen-bond acceptors (Lipinski definition) is 5. The summed E-state index contributed by atoms with van der Waals surface area (Å²) in [6.45, 7) is 1.88. The molecule has 6 heteroatoms. The van der Waals surface area contributed by atoms with Crippen LogP contribution in [-0.4, -0.2) is 41.6 Å². The van der Waals surface area contributed by atoms with Gasteiger partial charge in [-0.3, -0.25) is 9.69 Å². The van der Waals surface area contributed by atoms with Gasteiger partial charge < -0.3 is 15.6 Å². The van der Waals surface area contributed by atoms with Gasteiger partial charge in [-0.1, -0.05) is 24.3 Å². The highest BCUT2D eigenvalue weighted by molar-refractivity contribution is 6.08. The van der Waals surface area contributed by atoms with Crippen molar-refractivity contribution in [2.75, 3.05) is 14.2 Å². The van der Waals surface area contributed by atoms with Gasteiger partial charge in [-0.15, -0.1) is 0 Å². The van der Waals surface area contributed by atoms with Crippen LogP contribution in [0, 0.1) is 5.41 Å². The van der Waals surface area contributed by atoms with Gasteiger partial charge in [-0.05, 0) is 79.5 Å². The standard InChI is InChI=1S/C25H29N3O3/c1-23(30)9-11-24(12-10-23)15-18-8-7-17(16-5-4-6-19(13-16)31-3)14-20(18)25(24)21(29)28(2)22(26)27-25/h4-8,13-14,30H,9-12,15H2,1-3H3,(H2,26,27). The molecule has 0 radical (unpaired) electrons. The molecule has 162 valence electrons. The predicted octanol–water partition coefficient (Wildman–Crippen LogP) is 3.21. The van der Waals surface area contributed by atoms with Crippen molar-refractivity contribution in [1.82, 2.24) is 4.90 Å². The average Bonchev–Trinajstić information content (AvgIpc) is 3.17. The SMILES string of the molecule is COc1cccc(-c2ccc3c(c2)C2(N=C(N)N(C)C2=O)C2(CCC(C)(O)CC2)C3)c1. The van der Waals surface area contributed by atoms with Gasteiger partial charge in [0.1, 0.15) is 5.75 Å².